The fourth-order valence-corrected chi connectivity index (χ4v) is 3.75. The lowest BCUT2D eigenvalue weighted by atomic mass is 9.97. The summed E-state index contributed by atoms with van der Waals surface area (Å²) in [5.74, 6) is 3.40. The SMILES string of the molecule is CN=C(NCC1CCN(Cc2nc(C)c(C)o2)CC1)N(C)Cc1cccn1C.I. The molecule has 0 atom stereocenters. The molecule has 1 aliphatic rings. The Kier molecular flexibility index (Phi) is 9.01. The third-order valence-electron chi connectivity index (χ3n) is 5.71. The van der Waals surface area contributed by atoms with Crippen molar-refractivity contribution in [3.8, 4) is 0 Å². The summed E-state index contributed by atoms with van der Waals surface area (Å²) in [6.45, 7) is 8.78. The van der Waals surface area contributed by atoms with E-state index in [0.717, 1.165) is 56.0 Å². The summed E-state index contributed by atoms with van der Waals surface area (Å²) < 4.78 is 7.88. The third-order valence-corrected chi connectivity index (χ3v) is 5.71. The van der Waals surface area contributed by atoms with Gasteiger partial charge in [0.15, 0.2) is 5.96 Å². The van der Waals surface area contributed by atoms with Gasteiger partial charge in [-0.25, -0.2) is 4.98 Å². The summed E-state index contributed by atoms with van der Waals surface area (Å²) >= 11 is 0. The van der Waals surface area contributed by atoms with Crippen LogP contribution in [0.1, 0.15) is 35.9 Å². The summed E-state index contributed by atoms with van der Waals surface area (Å²) in [7, 11) is 6.02. The van der Waals surface area contributed by atoms with E-state index in [4.69, 9.17) is 4.42 Å². The maximum absolute atomic E-state index is 5.73. The van der Waals surface area contributed by atoms with Gasteiger partial charge in [0.25, 0.3) is 0 Å². The zero-order valence-electron chi connectivity index (χ0n) is 18.3. The minimum absolute atomic E-state index is 0. The first kappa shape index (κ1) is 23.7. The molecule has 0 spiro atoms. The maximum Gasteiger partial charge on any atom is 0.208 e. The monoisotopic (exact) mass is 514 g/mol. The van der Waals surface area contributed by atoms with Gasteiger partial charge in [-0.05, 0) is 57.8 Å². The molecule has 1 fully saturated rings. The van der Waals surface area contributed by atoms with E-state index >= 15 is 0 Å². The molecule has 3 heterocycles. The van der Waals surface area contributed by atoms with Crippen molar-refractivity contribution < 1.29 is 4.42 Å². The van der Waals surface area contributed by atoms with Gasteiger partial charge in [0, 0.05) is 39.6 Å². The lowest BCUT2D eigenvalue weighted by molar-refractivity contribution is 0.163. The number of rotatable bonds is 6. The number of guanidine groups is 1. The number of aryl methyl sites for hydroxylation is 3. The number of nitrogens with one attached hydrogen (secondary N) is 1. The second kappa shape index (κ2) is 11.0. The van der Waals surface area contributed by atoms with E-state index in [1.165, 1.54) is 18.5 Å². The summed E-state index contributed by atoms with van der Waals surface area (Å²) in [6.07, 6.45) is 4.45. The smallest absolute Gasteiger partial charge is 0.208 e. The summed E-state index contributed by atoms with van der Waals surface area (Å²) in [4.78, 5) is 13.6. The first-order valence-electron chi connectivity index (χ1n) is 10.1. The molecule has 3 rings (SSSR count). The molecule has 0 radical (unpaired) electrons. The van der Waals surface area contributed by atoms with Gasteiger partial charge in [-0.15, -0.1) is 24.0 Å². The fraction of sp³-hybridized carbons (Fsp3) is 0.619. The van der Waals surface area contributed by atoms with E-state index in [1.54, 1.807) is 0 Å². The molecule has 2 aromatic rings. The minimum Gasteiger partial charge on any atom is -0.444 e. The number of piperidine rings is 1. The molecular weight excluding hydrogens is 479 g/mol. The van der Waals surface area contributed by atoms with Crippen molar-refractivity contribution in [2.75, 3.05) is 33.7 Å². The molecule has 7 nitrogen and oxygen atoms in total. The molecule has 0 bridgehead atoms. The van der Waals surface area contributed by atoms with Crippen LogP contribution in [0.5, 0.6) is 0 Å². The van der Waals surface area contributed by atoms with Gasteiger partial charge in [-0.3, -0.25) is 9.89 Å². The summed E-state index contributed by atoms with van der Waals surface area (Å²) in [5.41, 5.74) is 2.27. The molecule has 0 saturated carbocycles. The van der Waals surface area contributed by atoms with Crippen molar-refractivity contribution in [2.24, 2.45) is 18.0 Å². The topological polar surface area (TPSA) is 61.8 Å². The second-order valence-electron chi connectivity index (χ2n) is 7.86. The van der Waals surface area contributed by atoms with Gasteiger partial charge in [0.2, 0.25) is 5.89 Å². The summed E-state index contributed by atoms with van der Waals surface area (Å²) in [5, 5.41) is 3.56. The van der Waals surface area contributed by atoms with Crippen molar-refractivity contribution in [3.05, 3.63) is 41.4 Å². The van der Waals surface area contributed by atoms with Crippen molar-refractivity contribution in [1.82, 2.24) is 24.7 Å². The van der Waals surface area contributed by atoms with Crippen LogP contribution in [0.2, 0.25) is 0 Å². The highest BCUT2D eigenvalue weighted by Crippen LogP contribution is 2.19. The van der Waals surface area contributed by atoms with Crippen LogP contribution < -0.4 is 5.32 Å². The Balaban J connectivity index is 0.00000300. The van der Waals surface area contributed by atoms with E-state index in [0.29, 0.717) is 5.92 Å². The van der Waals surface area contributed by atoms with Crippen LogP contribution in [0, 0.1) is 19.8 Å². The predicted molar refractivity (Wildman–Crippen MR) is 128 cm³/mol. The number of aliphatic imine (C=N–C) groups is 1. The molecule has 1 saturated heterocycles. The van der Waals surface area contributed by atoms with Gasteiger partial charge in [-0.2, -0.15) is 0 Å². The second-order valence-corrected chi connectivity index (χ2v) is 7.86. The Hall–Kier alpha value is -1.55. The van der Waals surface area contributed by atoms with Crippen LogP contribution in [0.25, 0.3) is 0 Å². The number of hydrogen-bond donors (Lipinski definition) is 1. The van der Waals surface area contributed by atoms with E-state index in [-0.39, 0.29) is 24.0 Å². The number of halogens is 1. The van der Waals surface area contributed by atoms with E-state index < -0.39 is 0 Å². The molecule has 2 aromatic heterocycles. The van der Waals surface area contributed by atoms with Crippen molar-refractivity contribution in [3.63, 3.8) is 0 Å². The number of hydrogen-bond acceptors (Lipinski definition) is 4. The fourth-order valence-electron chi connectivity index (χ4n) is 3.75. The maximum atomic E-state index is 5.73. The first-order valence-corrected chi connectivity index (χ1v) is 10.1. The van der Waals surface area contributed by atoms with Crippen LogP contribution in [0.15, 0.2) is 27.7 Å². The molecule has 8 heteroatoms. The molecule has 1 N–H and O–H groups in total. The highest BCUT2D eigenvalue weighted by molar-refractivity contribution is 14.0. The third kappa shape index (κ3) is 6.47. The Morgan fingerprint density at radius 2 is 2.07 bits per heavy atom. The highest BCUT2D eigenvalue weighted by Gasteiger charge is 2.21. The van der Waals surface area contributed by atoms with Crippen LogP contribution >= 0.6 is 24.0 Å². The van der Waals surface area contributed by atoms with Gasteiger partial charge < -0.3 is 19.2 Å². The van der Waals surface area contributed by atoms with Gasteiger partial charge in [0.1, 0.15) is 5.76 Å². The molecule has 29 heavy (non-hydrogen) atoms. The zero-order valence-corrected chi connectivity index (χ0v) is 20.6. The number of nitrogens with zero attached hydrogens (tertiary/aromatic N) is 5. The van der Waals surface area contributed by atoms with E-state index in [2.05, 4.69) is 62.1 Å². The average molecular weight is 514 g/mol. The van der Waals surface area contributed by atoms with Crippen LogP contribution in [0.4, 0.5) is 0 Å². The minimum atomic E-state index is 0. The summed E-state index contributed by atoms with van der Waals surface area (Å²) in [6, 6.07) is 4.23. The van der Waals surface area contributed by atoms with Crippen molar-refractivity contribution in [1.29, 1.82) is 0 Å². The molecular formula is C21H35IN6O. The lowest BCUT2D eigenvalue weighted by Gasteiger charge is -2.32. The van der Waals surface area contributed by atoms with Gasteiger partial charge in [-0.1, -0.05) is 0 Å². The van der Waals surface area contributed by atoms with Crippen LogP contribution in [-0.4, -0.2) is 59.0 Å². The number of likely N-dealkylation sites (tertiary alicyclic amines) is 1. The lowest BCUT2D eigenvalue weighted by Crippen LogP contribution is -2.43. The van der Waals surface area contributed by atoms with Gasteiger partial charge in [0.05, 0.1) is 18.8 Å². The number of aromatic nitrogens is 2. The average Bonchev–Trinajstić information content (AvgIpc) is 3.21. The van der Waals surface area contributed by atoms with Crippen LogP contribution in [0.3, 0.4) is 0 Å². The molecule has 162 valence electrons. The van der Waals surface area contributed by atoms with E-state index in [1.807, 2.05) is 20.9 Å². The Bertz CT molecular complexity index is 771. The molecule has 0 unspecified atom stereocenters. The quantitative estimate of drug-likeness (QED) is 0.365. The Labute approximate surface area is 191 Å². The van der Waals surface area contributed by atoms with E-state index in [9.17, 15) is 0 Å². The standard InChI is InChI=1S/C21H34N6O.HI/c1-16-17(2)28-20(24-16)15-27-11-8-18(9-12-27)13-23-21(22-3)26(5)14-19-7-6-10-25(19)4;/h6-7,10,18H,8-9,11-15H2,1-5H3,(H,22,23);1H. The normalized spacial score (nSPS) is 16.0. The molecule has 0 aromatic carbocycles. The molecule has 0 amide bonds. The number of oxazole rings is 1. The van der Waals surface area contributed by atoms with Crippen LogP contribution in [-0.2, 0) is 20.1 Å². The first-order chi connectivity index (χ1) is 13.5. The predicted octanol–water partition coefficient (Wildman–Crippen LogP) is 3.17. The van der Waals surface area contributed by atoms with Gasteiger partial charge >= 0.3 is 0 Å². The molecule has 0 aliphatic carbocycles. The zero-order chi connectivity index (χ0) is 20.1. The Morgan fingerprint density at radius 1 is 1.34 bits per heavy atom. The van der Waals surface area contributed by atoms with Crippen molar-refractivity contribution in [2.45, 2.75) is 39.8 Å². The molecule has 1 aliphatic heterocycles. The highest BCUT2D eigenvalue weighted by atomic mass is 127. The largest absolute Gasteiger partial charge is 0.444 e. The Morgan fingerprint density at radius 3 is 2.62 bits per heavy atom. The van der Waals surface area contributed by atoms with Crippen molar-refractivity contribution >= 4 is 29.9 Å².